The topological polar surface area (TPSA) is 63.1 Å². The molecule has 0 aliphatic carbocycles. The lowest BCUT2D eigenvalue weighted by Crippen LogP contribution is -2.38. The summed E-state index contributed by atoms with van der Waals surface area (Å²) in [5, 5.41) is 12.1. The first-order valence-corrected chi connectivity index (χ1v) is 10.00. The molecular weight excluding hydrogens is 370 g/mol. The number of carbonyl (C=O) groups excluding carboxylic acids is 1. The van der Waals surface area contributed by atoms with Gasteiger partial charge in [0.15, 0.2) is 0 Å². The Morgan fingerprint density at radius 3 is 2.77 bits per heavy atom. The Morgan fingerprint density at radius 1 is 1.31 bits per heavy atom. The van der Waals surface area contributed by atoms with Gasteiger partial charge in [0.05, 0.1) is 11.4 Å². The van der Waals surface area contributed by atoms with E-state index in [0.29, 0.717) is 5.92 Å². The van der Waals surface area contributed by atoms with E-state index in [1.165, 1.54) is 10.4 Å². The van der Waals surface area contributed by atoms with Gasteiger partial charge in [-0.05, 0) is 37.8 Å². The van der Waals surface area contributed by atoms with E-state index in [0.717, 1.165) is 68.5 Å². The van der Waals surface area contributed by atoms with Crippen molar-refractivity contribution >= 4 is 29.7 Å². The van der Waals surface area contributed by atoms with Crippen molar-refractivity contribution in [3.8, 4) is 0 Å². The number of thiophene rings is 1. The zero-order valence-corrected chi connectivity index (χ0v) is 17.0. The van der Waals surface area contributed by atoms with E-state index in [4.69, 9.17) is 0 Å². The summed E-state index contributed by atoms with van der Waals surface area (Å²) in [4.78, 5) is 17.0. The summed E-state index contributed by atoms with van der Waals surface area (Å²) in [7, 11) is 0. The molecule has 2 aromatic rings. The number of aryl methyl sites for hydroxylation is 2. The Balaban J connectivity index is 0.00000196. The summed E-state index contributed by atoms with van der Waals surface area (Å²) in [6.45, 7) is 8.60. The number of hydrogen-bond donors (Lipinski definition) is 1. The van der Waals surface area contributed by atoms with Crippen LogP contribution in [0.1, 0.15) is 57.4 Å². The third-order valence-electron chi connectivity index (χ3n) is 5.41. The van der Waals surface area contributed by atoms with Crippen LogP contribution in [0.2, 0.25) is 0 Å². The fourth-order valence-corrected chi connectivity index (χ4v) is 4.97. The van der Waals surface area contributed by atoms with Gasteiger partial charge in [-0.3, -0.25) is 4.79 Å². The number of nitrogens with one attached hydrogen (secondary N) is 1. The van der Waals surface area contributed by atoms with Crippen LogP contribution in [-0.2, 0) is 19.5 Å². The second kappa shape index (κ2) is 8.06. The van der Waals surface area contributed by atoms with E-state index < -0.39 is 0 Å². The summed E-state index contributed by atoms with van der Waals surface area (Å²) < 4.78 is 2.27. The van der Waals surface area contributed by atoms with Crippen LogP contribution in [0, 0.1) is 6.92 Å². The number of rotatable bonds is 3. The number of aromatic nitrogens is 3. The van der Waals surface area contributed by atoms with E-state index >= 15 is 0 Å². The summed E-state index contributed by atoms with van der Waals surface area (Å²) in [5.41, 5.74) is 1.30. The molecule has 0 atom stereocenters. The first kappa shape index (κ1) is 19.3. The Morgan fingerprint density at radius 2 is 2.08 bits per heavy atom. The molecule has 2 aromatic heterocycles. The standard InChI is InChI=1S/C18H25N5OS.ClH/c1-3-13-10-15(25-12(13)2)18(24)22-7-4-14(5-8-22)17-21-20-16-11-19-6-9-23(16)17;/h10,14,19H,3-9,11H2,1-2H3;1H. The second-order valence-corrected chi connectivity index (χ2v) is 8.17. The highest BCUT2D eigenvalue weighted by molar-refractivity contribution is 7.14. The molecular formula is C18H26ClN5OS. The smallest absolute Gasteiger partial charge is 0.263 e. The maximum atomic E-state index is 12.8. The van der Waals surface area contributed by atoms with Gasteiger partial charge in [-0.25, -0.2) is 0 Å². The highest BCUT2D eigenvalue weighted by atomic mass is 35.5. The lowest BCUT2D eigenvalue weighted by Gasteiger charge is -2.31. The Bertz CT molecular complexity index is 779. The molecule has 142 valence electrons. The van der Waals surface area contributed by atoms with Crippen molar-refractivity contribution in [2.45, 2.75) is 52.1 Å². The number of hydrogen-bond acceptors (Lipinski definition) is 5. The number of nitrogens with zero attached hydrogens (tertiary/aromatic N) is 4. The van der Waals surface area contributed by atoms with Crippen molar-refractivity contribution in [3.05, 3.63) is 33.0 Å². The lowest BCUT2D eigenvalue weighted by molar-refractivity contribution is 0.0715. The number of halogens is 1. The Hall–Kier alpha value is -1.44. The van der Waals surface area contributed by atoms with Crippen LogP contribution in [0.4, 0.5) is 0 Å². The SMILES string of the molecule is CCc1cc(C(=O)N2CCC(c3nnc4n3CCNC4)CC2)sc1C.Cl. The Kier molecular flexibility index (Phi) is 5.99. The zero-order valence-electron chi connectivity index (χ0n) is 15.3. The predicted molar refractivity (Wildman–Crippen MR) is 105 cm³/mol. The number of amides is 1. The summed E-state index contributed by atoms with van der Waals surface area (Å²) in [5.74, 6) is 2.77. The summed E-state index contributed by atoms with van der Waals surface area (Å²) >= 11 is 1.63. The third-order valence-corrected chi connectivity index (χ3v) is 6.49. The van der Waals surface area contributed by atoms with Gasteiger partial charge in [0.1, 0.15) is 11.6 Å². The molecule has 4 heterocycles. The molecule has 0 aromatic carbocycles. The van der Waals surface area contributed by atoms with Gasteiger partial charge in [0.25, 0.3) is 5.91 Å². The molecule has 1 N–H and O–H groups in total. The van der Waals surface area contributed by atoms with Gasteiger partial charge >= 0.3 is 0 Å². The van der Waals surface area contributed by atoms with Crippen molar-refractivity contribution < 1.29 is 4.79 Å². The lowest BCUT2D eigenvalue weighted by atomic mass is 9.95. The molecule has 0 radical (unpaired) electrons. The number of likely N-dealkylation sites (tertiary alicyclic amines) is 1. The molecule has 1 fully saturated rings. The van der Waals surface area contributed by atoms with Crippen molar-refractivity contribution in [3.63, 3.8) is 0 Å². The van der Waals surface area contributed by atoms with Gasteiger partial charge in [-0.2, -0.15) is 0 Å². The minimum atomic E-state index is 0. The monoisotopic (exact) mass is 395 g/mol. The van der Waals surface area contributed by atoms with Gasteiger partial charge in [0.2, 0.25) is 0 Å². The van der Waals surface area contributed by atoms with Crippen molar-refractivity contribution in [2.24, 2.45) is 0 Å². The largest absolute Gasteiger partial charge is 0.338 e. The maximum absolute atomic E-state index is 12.8. The van der Waals surface area contributed by atoms with E-state index in [1.807, 2.05) is 4.90 Å². The van der Waals surface area contributed by atoms with Crippen LogP contribution >= 0.6 is 23.7 Å². The second-order valence-electron chi connectivity index (χ2n) is 6.91. The maximum Gasteiger partial charge on any atom is 0.263 e. The number of fused-ring (bicyclic) bond motifs is 1. The van der Waals surface area contributed by atoms with Crippen molar-refractivity contribution in [1.29, 1.82) is 0 Å². The number of piperidine rings is 1. The van der Waals surface area contributed by atoms with Crippen LogP contribution in [0.5, 0.6) is 0 Å². The first-order valence-electron chi connectivity index (χ1n) is 9.18. The van der Waals surface area contributed by atoms with Gasteiger partial charge in [-0.15, -0.1) is 33.9 Å². The first-order chi connectivity index (χ1) is 12.2. The van der Waals surface area contributed by atoms with Crippen LogP contribution in [0.3, 0.4) is 0 Å². The van der Waals surface area contributed by atoms with E-state index in [9.17, 15) is 4.79 Å². The predicted octanol–water partition coefficient (Wildman–Crippen LogP) is 2.76. The minimum absolute atomic E-state index is 0. The molecule has 0 spiro atoms. The molecule has 0 saturated carbocycles. The molecule has 8 heteroatoms. The highest BCUT2D eigenvalue weighted by Gasteiger charge is 2.29. The summed E-state index contributed by atoms with van der Waals surface area (Å²) in [6, 6.07) is 2.08. The van der Waals surface area contributed by atoms with Crippen LogP contribution in [0.15, 0.2) is 6.07 Å². The van der Waals surface area contributed by atoms with Gasteiger partial charge in [-0.1, -0.05) is 6.92 Å². The average molecular weight is 396 g/mol. The fourth-order valence-electron chi connectivity index (χ4n) is 3.89. The van der Waals surface area contributed by atoms with E-state index in [-0.39, 0.29) is 18.3 Å². The molecule has 0 bridgehead atoms. The minimum Gasteiger partial charge on any atom is -0.338 e. The van der Waals surface area contributed by atoms with Crippen molar-refractivity contribution in [2.75, 3.05) is 19.6 Å². The third kappa shape index (κ3) is 3.52. The zero-order chi connectivity index (χ0) is 17.4. The molecule has 0 unspecified atom stereocenters. The van der Waals surface area contributed by atoms with Crippen molar-refractivity contribution in [1.82, 2.24) is 25.0 Å². The molecule has 1 saturated heterocycles. The normalized spacial score (nSPS) is 17.7. The Labute approximate surface area is 164 Å². The molecule has 6 nitrogen and oxygen atoms in total. The molecule has 2 aliphatic heterocycles. The molecule has 1 amide bonds. The average Bonchev–Trinajstić information content (AvgIpc) is 3.24. The van der Waals surface area contributed by atoms with Crippen LogP contribution in [0.25, 0.3) is 0 Å². The van der Waals surface area contributed by atoms with E-state index in [1.54, 1.807) is 11.3 Å². The van der Waals surface area contributed by atoms with Gasteiger partial charge < -0.3 is 14.8 Å². The van der Waals surface area contributed by atoms with Crippen LogP contribution < -0.4 is 5.32 Å². The van der Waals surface area contributed by atoms with Gasteiger partial charge in [0, 0.05) is 37.0 Å². The number of carbonyl (C=O) groups is 1. The molecule has 26 heavy (non-hydrogen) atoms. The summed E-state index contributed by atoms with van der Waals surface area (Å²) in [6.07, 6.45) is 2.94. The highest BCUT2D eigenvalue weighted by Crippen LogP contribution is 2.30. The molecule has 4 rings (SSSR count). The molecule has 2 aliphatic rings. The fraction of sp³-hybridized carbons (Fsp3) is 0.611. The van der Waals surface area contributed by atoms with Crippen LogP contribution in [-0.4, -0.2) is 45.2 Å². The quantitative estimate of drug-likeness (QED) is 0.867. The van der Waals surface area contributed by atoms with E-state index in [2.05, 4.69) is 40.0 Å².